The van der Waals surface area contributed by atoms with Gasteiger partial charge in [0, 0.05) is 28.6 Å². The Morgan fingerprint density at radius 1 is 1.00 bits per heavy atom. The SMILES string of the molecule is Cc1ccnc(C)c1-c1cc(C(C)(C)C)ncn1. The molecule has 2 heterocycles. The minimum atomic E-state index is 0.0295. The van der Waals surface area contributed by atoms with Crippen molar-refractivity contribution in [3.63, 3.8) is 0 Å². The molecule has 0 saturated heterocycles. The van der Waals surface area contributed by atoms with E-state index in [9.17, 15) is 0 Å². The molecule has 0 fully saturated rings. The molecule has 2 aromatic rings. The normalized spacial score (nSPS) is 11.6. The topological polar surface area (TPSA) is 38.7 Å². The average molecular weight is 241 g/mol. The van der Waals surface area contributed by atoms with Gasteiger partial charge < -0.3 is 0 Å². The van der Waals surface area contributed by atoms with Crippen LogP contribution in [0.2, 0.25) is 0 Å². The molecule has 0 aromatic carbocycles. The molecule has 0 aliphatic carbocycles. The zero-order chi connectivity index (χ0) is 13.3. The predicted octanol–water partition coefficient (Wildman–Crippen LogP) is 3.45. The van der Waals surface area contributed by atoms with Crippen molar-refractivity contribution in [3.05, 3.63) is 41.6 Å². The second-order valence-corrected chi connectivity index (χ2v) is 5.63. The molecule has 0 atom stereocenters. The summed E-state index contributed by atoms with van der Waals surface area (Å²) in [6.45, 7) is 10.6. The Labute approximate surface area is 108 Å². The number of aryl methyl sites for hydroxylation is 2. The van der Waals surface area contributed by atoms with Crippen LogP contribution >= 0.6 is 0 Å². The molecule has 0 radical (unpaired) electrons. The van der Waals surface area contributed by atoms with E-state index < -0.39 is 0 Å². The molecule has 2 rings (SSSR count). The zero-order valence-corrected chi connectivity index (χ0v) is 11.7. The Morgan fingerprint density at radius 3 is 2.33 bits per heavy atom. The van der Waals surface area contributed by atoms with E-state index in [1.54, 1.807) is 6.33 Å². The maximum atomic E-state index is 4.39. The molecule has 94 valence electrons. The van der Waals surface area contributed by atoms with Crippen molar-refractivity contribution in [1.82, 2.24) is 15.0 Å². The van der Waals surface area contributed by atoms with Crippen LogP contribution in [0.15, 0.2) is 24.7 Å². The number of hydrogen-bond acceptors (Lipinski definition) is 3. The Balaban J connectivity index is 2.59. The number of rotatable bonds is 1. The van der Waals surface area contributed by atoms with Crippen LogP contribution in [0, 0.1) is 13.8 Å². The molecule has 2 aromatic heterocycles. The molecular weight excluding hydrogens is 222 g/mol. The van der Waals surface area contributed by atoms with Gasteiger partial charge in [-0.1, -0.05) is 20.8 Å². The first kappa shape index (κ1) is 12.7. The fraction of sp³-hybridized carbons (Fsp3) is 0.400. The summed E-state index contributed by atoms with van der Waals surface area (Å²) in [7, 11) is 0. The van der Waals surface area contributed by atoms with Crippen LogP contribution in [0.5, 0.6) is 0 Å². The van der Waals surface area contributed by atoms with E-state index in [0.717, 1.165) is 22.6 Å². The summed E-state index contributed by atoms with van der Waals surface area (Å²) in [5, 5.41) is 0. The summed E-state index contributed by atoms with van der Waals surface area (Å²) in [5.74, 6) is 0. The molecule has 0 bridgehead atoms. The Bertz CT molecular complexity index is 548. The van der Waals surface area contributed by atoms with Crippen molar-refractivity contribution in [2.75, 3.05) is 0 Å². The molecule has 18 heavy (non-hydrogen) atoms. The smallest absolute Gasteiger partial charge is 0.116 e. The molecule has 0 N–H and O–H groups in total. The molecule has 3 heteroatoms. The number of hydrogen-bond donors (Lipinski definition) is 0. The van der Waals surface area contributed by atoms with Crippen molar-refractivity contribution in [3.8, 4) is 11.3 Å². The Kier molecular flexibility index (Phi) is 3.16. The second-order valence-electron chi connectivity index (χ2n) is 5.63. The molecule has 0 saturated carbocycles. The fourth-order valence-electron chi connectivity index (χ4n) is 1.99. The van der Waals surface area contributed by atoms with E-state index >= 15 is 0 Å². The van der Waals surface area contributed by atoms with Gasteiger partial charge in [-0.15, -0.1) is 0 Å². The lowest BCUT2D eigenvalue weighted by molar-refractivity contribution is 0.567. The van der Waals surface area contributed by atoms with Crippen molar-refractivity contribution < 1.29 is 0 Å². The summed E-state index contributed by atoms with van der Waals surface area (Å²) in [6.07, 6.45) is 3.47. The molecular formula is C15H19N3. The first-order valence-electron chi connectivity index (χ1n) is 6.14. The van der Waals surface area contributed by atoms with Crippen molar-refractivity contribution in [2.24, 2.45) is 0 Å². The first-order valence-corrected chi connectivity index (χ1v) is 6.14. The molecule has 0 spiro atoms. The molecule has 0 amide bonds. The van der Waals surface area contributed by atoms with Gasteiger partial charge in [-0.3, -0.25) is 4.98 Å². The van der Waals surface area contributed by atoms with Crippen LogP contribution in [-0.2, 0) is 5.41 Å². The standard InChI is InChI=1S/C15H19N3/c1-10-6-7-16-11(2)14(10)12-8-13(15(3,4)5)18-9-17-12/h6-9H,1-5H3. The third-order valence-corrected chi connectivity index (χ3v) is 3.04. The predicted molar refractivity (Wildman–Crippen MR) is 73.4 cm³/mol. The molecule has 0 unspecified atom stereocenters. The van der Waals surface area contributed by atoms with E-state index in [0.29, 0.717) is 0 Å². The highest BCUT2D eigenvalue weighted by atomic mass is 14.8. The lowest BCUT2D eigenvalue weighted by Gasteiger charge is -2.18. The average Bonchev–Trinajstić information content (AvgIpc) is 2.28. The van der Waals surface area contributed by atoms with Gasteiger partial charge in [-0.05, 0) is 31.5 Å². The summed E-state index contributed by atoms with van der Waals surface area (Å²) in [5.41, 5.74) is 5.36. The van der Waals surface area contributed by atoms with E-state index in [1.165, 1.54) is 5.56 Å². The maximum Gasteiger partial charge on any atom is 0.116 e. The van der Waals surface area contributed by atoms with E-state index in [4.69, 9.17) is 0 Å². The zero-order valence-electron chi connectivity index (χ0n) is 11.7. The number of nitrogens with zero attached hydrogens (tertiary/aromatic N) is 3. The minimum Gasteiger partial charge on any atom is -0.261 e. The van der Waals surface area contributed by atoms with Crippen LogP contribution < -0.4 is 0 Å². The monoisotopic (exact) mass is 241 g/mol. The summed E-state index contributed by atoms with van der Waals surface area (Å²) in [6, 6.07) is 4.08. The summed E-state index contributed by atoms with van der Waals surface area (Å²) >= 11 is 0. The summed E-state index contributed by atoms with van der Waals surface area (Å²) in [4.78, 5) is 13.1. The molecule has 0 aliphatic rings. The van der Waals surface area contributed by atoms with Crippen LogP contribution in [-0.4, -0.2) is 15.0 Å². The van der Waals surface area contributed by atoms with E-state index in [-0.39, 0.29) is 5.41 Å². The lowest BCUT2D eigenvalue weighted by Crippen LogP contribution is -2.14. The van der Waals surface area contributed by atoms with Gasteiger partial charge in [-0.2, -0.15) is 0 Å². The number of aromatic nitrogens is 3. The van der Waals surface area contributed by atoms with E-state index in [2.05, 4.69) is 48.7 Å². The van der Waals surface area contributed by atoms with Crippen molar-refractivity contribution in [1.29, 1.82) is 0 Å². The van der Waals surface area contributed by atoms with Crippen molar-refractivity contribution >= 4 is 0 Å². The second kappa shape index (κ2) is 4.48. The highest BCUT2D eigenvalue weighted by Crippen LogP contribution is 2.27. The maximum absolute atomic E-state index is 4.39. The Hall–Kier alpha value is -1.77. The van der Waals surface area contributed by atoms with E-state index in [1.807, 2.05) is 19.2 Å². The van der Waals surface area contributed by atoms with Crippen LogP contribution in [0.3, 0.4) is 0 Å². The van der Waals surface area contributed by atoms with Crippen LogP contribution in [0.1, 0.15) is 37.7 Å². The fourth-order valence-corrected chi connectivity index (χ4v) is 1.99. The third-order valence-electron chi connectivity index (χ3n) is 3.04. The third kappa shape index (κ3) is 2.40. The number of pyridine rings is 1. The van der Waals surface area contributed by atoms with Gasteiger partial charge >= 0.3 is 0 Å². The first-order chi connectivity index (χ1) is 8.39. The van der Waals surface area contributed by atoms with Gasteiger partial charge in [0.15, 0.2) is 0 Å². The highest BCUT2D eigenvalue weighted by molar-refractivity contribution is 5.65. The molecule has 0 aliphatic heterocycles. The van der Waals surface area contributed by atoms with Gasteiger partial charge in [-0.25, -0.2) is 9.97 Å². The van der Waals surface area contributed by atoms with Crippen LogP contribution in [0.4, 0.5) is 0 Å². The lowest BCUT2D eigenvalue weighted by atomic mass is 9.90. The van der Waals surface area contributed by atoms with Gasteiger partial charge in [0.25, 0.3) is 0 Å². The summed E-state index contributed by atoms with van der Waals surface area (Å²) < 4.78 is 0. The van der Waals surface area contributed by atoms with Gasteiger partial charge in [0.2, 0.25) is 0 Å². The quantitative estimate of drug-likeness (QED) is 0.767. The van der Waals surface area contributed by atoms with Crippen LogP contribution in [0.25, 0.3) is 11.3 Å². The largest absolute Gasteiger partial charge is 0.261 e. The highest BCUT2D eigenvalue weighted by Gasteiger charge is 2.17. The molecule has 3 nitrogen and oxygen atoms in total. The van der Waals surface area contributed by atoms with Gasteiger partial charge in [0.1, 0.15) is 6.33 Å². The van der Waals surface area contributed by atoms with Gasteiger partial charge in [0.05, 0.1) is 5.69 Å². The Morgan fingerprint density at radius 2 is 1.72 bits per heavy atom. The minimum absolute atomic E-state index is 0.0295. The van der Waals surface area contributed by atoms with Crippen molar-refractivity contribution in [2.45, 2.75) is 40.0 Å².